The number of amides is 1. The lowest BCUT2D eigenvalue weighted by Gasteiger charge is -2.27. The van der Waals surface area contributed by atoms with Crippen molar-refractivity contribution >= 4 is 5.91 Å². The Balaban J connectivity index is 1.97. The van der Waals surface area contributed by atoms with Crippen molar-refractivity contribution in [3.63, 3.8) is 0 Å². The maximum atomic E-state index is 12.7. The Labute approximate surface area is 127 Å². The van der Waals surface area contributed by atoms with Crippen molar-refractivity contribution in [1.82, 2.24) is 4.90 Å². The lowest BCUT2D eigenvalue weighted by Crippen LogP contribution is -2.41. The number of aliphatic hydroxyl groups is 1. The predicted molar refractivity (Wildman–Crippen MR) is 84.9 cm³/mol. The van der Waals surface area contributed by atoms with E-state index in [2.05, 4.69) is 18.7 Å². The Morgan fingerprint density at radius 3 is 2.86 bits per heavy atom. The van der Waals surface area contributed by atoms with Crippen LogP contribution in [0.2, 0.25) is 0 Å². The van der Waals surface area contributed by atoms with Crippen LogP contribution in [-0.4, -0.2) is 35.1 Å². The maximum absolute atomic E-state index is 12.7. The molecule has 3 heteroatoms. The highest BCUT2D eigenvalue weighted by molar-refractivity contribution is 5.79. The van der Waals surface area contributed by atoms with Crippen LogP contribution in [0, 0.1) is 5.92 Å². The van der Waals surface area contributed by atoms with Gasteiger partial charge in [0.1, 0.15) is 0 Å². The summed E-state index contributed by atoms with van der Waals surface area (Å²) in [7, 11) is 0. The molecule has 0 bridgehead atoms. The third-order valence-electron chi connectivity index (χ3n) is 4.30. The highest BCUT2D eigenvalue weighted by Crippen LogP contribution is 2.23. The number of likely N-dealkylation sites (tertiary alicyclic amines) is 1. The first kappa shape index (κ1) is 15.8. The molecule has 0 aliphatic carbocycles. The third-order valence-corrected chi connectivity index (χ3v) is 4.30. The molecule has 21 heavy (non-hydrogen) atoms. The van der Waals surface area contributed by atoms with Crippen molar-refractivity contribution in [2.75, 3.05) is 13.2 Å². The van der Waals surface area contributed by atoms with E-state index < -0.39 is 0 Å². The number of hydrogen-bond acceptors (Lipinski definition) is 2. The van der Waals surface area contributed by atoms with Crippen molar-refractivity contribution < 1.29 is 9.90 Å². The van der Waals surface area contributed by atoms with E-state index in [1.165, 1.54) is 5.56 Å². The zero-order valence-corrected chi connectivity index (χ0v) is 12.6. The zero-order chi connectivity index (χ0) is 15.1. The van der Waals surface area contributed by atoms with Gasteiger partial charge in [0.15, 0.2) is 0 Å². The lowest BCUT2D eigenvalue weighted by molar-refractivity contribution is -0.137. The van der Waals surface area contributed by atoms with E-state index in [-0.39, 0.29) is 24.5 Å². The summed E-state index contributed by atoms with van der Waals surface area (Å²) in [5.41, 5.74) is 1.26. The number of allylic oxidation sites excluding steroid dienone is 1. The SMILES string of the molecule is C=CCC(CCc1ccccc1)C(=O)N1CCC[C@H]1CO. The summed E-state index contributed by atoms with van der Waals surface area (Å²) in [6.07, 6.45) is 6.20. The standard InChI is InChI=1S/C18H25NO2/c1-2-7-16(12-11-15-8-4-3-5-9-15)18(21)19-13-6-10-17(19)14-20/h2-5,8-9,16-17,20H,1,6-7,10-14H2/t16?,17-/m0/s1. The Bertz CT molecular complexity index is 458. The Hall–Kier alpha value is -1.61. The average Bonchev–Trinajstić information content (AvgIpc) is 3.00. The van der Waals surface area contributed by atoms with Crippen LogP contribution in [0.4, 0.5) is 0 Å². The van der Waals surface area contributed by atoms with Gasteiger partial charge in [0.05, 0.1) is 12.6 Å². The molecular formula is C18H25NO2. The molecule has 1 aliphatic heterocycles. The van der Waals surface area contributed by atoms with Gasteiger partial charge in [-0.15, -0.1) is 6.58 Å². The van der Waals surface area contributed by atoms with Crippen LogP contribution < -0.4 is 0 Å². The molecule has 0 radical (unpaired) electrons. The highest BCUT2D eigenvalue weighted by Gasteiger charge is 2.31. The van der Waals surface area contributed by atoms with E-state index in [1.807, 2.05) is 29.2 Å². The van der Waals surface area contributed by atoms with Gasteiger partial charge in [-0.1, -0.05) is 36.4 Å². The van der Waals surface area contributed by atoms with Gasteiger partial charge in [-0.25, -0.2) is 0 Å². The molecule has 1 amide bonds. The summed E-state index contributed by atoms with van der Waals surface area (Å²) in [6.45, 7) is 4.64. The summed E-state index contributed by atoms with van der Waals surface area (Å²) < 4.78 is 0. The van der Waals surface area contributed by atoms with Crippen LogP contribution in [0.1, 0.15) is 31.2 Å². The lowest BCUT2D eigenvalue weighted by atomic mass is 9.94. The normalized spacial score (nSPS) is 19.5. The largest absolute Gasteiger partial charge is 0.394 e. The van der Waals surface area contributed by atoms with E-state index in [0.717, 1.165) is 32.2 Å². The second-order valence-electron chi connectivity index (χ2n) is 5.76. The second-order valence-corrected chi connectivity index (χ2v) is 5.76. The number of hydrogen-bond donors (Lipinski definition) is 1. The summed E-state index contributed by atoms with van der Waals surface area (Å²) in [5.74, 6) is 0.164. The van der Waals surface area contributed by atoms with E-state index >= 15 is 0 Å². The van der Waals surface area contributed by atoms with Crippen LogP contribution in [0.25, 0.3) is 0 Å². The van der Waals surface area contributed by atoms with Crippen LogP contribution >= 0.6 is 0 Å². The van der Waals surface area contributed by atoms with Gasteiger partial charge in [-0.3, -0.25) is 4.79 Å². The quantitative estimate of drug-likeness (QED) is 0.783. The molecule has 1 heterocycles. The molecule has 0 aromatic heterocycles. The number of rotatable bonds is 7. The smallest absolute Gasteiger partial charge is 0.226 e. The van der Waals surface area contributed by atoms with Gasteiger partial charge in [-0.2, -0.15) is 0 Å². The fourth-order valence-corrected chi connectivity index (χ4v) is 3.08. The molecule has 2 atom stereocenters. The Morgan fingerprint density at radius 1 is 1.43 bits per heavy atom. The molecule has 1 unspecified atom stereocenters. The minimum Gasteiger partial charge on any atom is -0.394 e. The second kappa shape index (κ2) is 7.99. The van der Waals surface area contributed by atoms with E-state index in [1.54, 1.807) is 0 Å². The first-order chi connectivity index (χ1) is 10.3. The first-order valence-corrected chi connectivity index (χ1v) is 7.82. The van der Waals surface area contributed by atoms with Crippen molar-refractivity contribution in [2.24, 2.45) is 5.92 Å². The summed E-state index contributed by atoms with van der Waals surface area (Å²) in [4.78, 5) is 14.6. The fourth-order valence-electron chi connectivity index (χ4n) is 3.08. The van der Waals surface area contributed by atoms with Gasteiger partial charge in [-0.05, 0) is 37.7 Å². The molecule has 1 aliphatic rings. The molecule has 1 aromatic rings. The third kappa shape index (κ3) is 4.18. The molecule has 114 valence electrons. The molecule has 0 spiro atoms. The maximum Gasteiger partial charge on any atom is 0.226 e. The molecule has 0 saturated carbocycles. The number of carbonyl (C=O) groups excluding carboxylic acids is 1. The van der Waals surface area contributed by atoms with Gasteiger partial charge in [0, 0.05) is 12.5 Å². The topological polar surface area (TPSA) is 40.5 Å². The zero-order valence-electron chi connectivity index (χ0n) is 12.6. The molecular weight excluding hydrogens is 262 g/mol. The Kier molecular flexibility index (Phi) is 6.00. The van der Waals surface area contributed by atoms with Gasteiger partial charge >= 0.3 is 0 Å². The minimum atomic E-state index is -0.0187. The molecule has 1 saturated heterocycles. The summed E-state index contributed by atoms with van der Waals surface area (Å²) in [6, 6.07) is 10.3. The number of aryl methyl sites for hydroxylation is 1. The predicted octanol–water partition coefficient (Wildman–Crippen LogP) is 2.79. The number of nitrogens with zero attached hydrogens (tertiary/aromatic N) is 1. The van der Waals surface area contributed by atoms with Gasteiger partial charge in [0.25, 0.3) is 0 Å². The van der Waals surface area contributed by atoms with E-state index in [0.29, 0.717) is 6.42 Å². The Morgan fingerprint density at radius 2 is 2.19 bits per heavy atom. The van der Waals surface area contributed by atoms with Gasteiger partial charge in [0.2, 0.25) is 5.91 Å². The number of carbonyl (C=O) groups is 1. The summed E-state index contributed by atoms with van der Waals surface area (Å²) in [5, 5.41) is 9.39. The van der Waals surface area contributed by atoms with Crippen LogP contribution in [0.3, 0.4) is 0 Å². The van der Waals surface area contributed by atoms with Crippen LogP contribution in [-0.2, 0) is 11.2 Å². The minimum absolute atomic E-state index is 0.0153. The van der Waals surface area contributed by atoms with E-state index in [9.17, 15) is 9.90 Å². The van der Waals surface area contributed by atoms with Crippen LogP contribution in [0.15, 0.2) is 43.0 Å². The number of aliphatic hydroxyl groups excluding tert-OH is 1. The van der Waals surface area contributed by atoms with Crippen molar-refractivity contribution in [1.29, 1.82) is 0 Å². The van der Waals surface area contributed by atoms with E-state index in [4.69, 9.17) is 0 Å². The fraction of sp³-hybridized carbons (Fsp3) is 0.500. The van der Waals surface area contributed by atoms with Crippen LogP contribution in [0.5, 0.6) is 0 Å². The molecule has 1 N–H and O–H groups in total. The summed E-state index contributed by atoms with van der Waals surface area (Å²) >= 11 is 0. The monoisotopic (exact) mass is 287 g/mol. The molecule has 3 nitrogen and oxygen atoms in total. The number of benzene rings is 1. The van der Waals surface area contributed by atoms with Gasteiger partial charge < -0.3 is 10.0 Å². The first-order valence-electron chi connectivity index (χ1n) is 7.82. The van der Waals surface area contributed by atoms with Crippen molar-refractivity contribution in [3.8, 4) is 0 Å². The molecule has 1 aromatic carbocycles. The van der Waals surface area contributed by atoms with Crippen molar-refractivity contribution in [3.05, 3.63) is 48.6 Å². The molecule has 1 fully saturated rings. The average molecular weight is 287 g/mol. The molecule has 2 rings (SSSR count). The highest BCUT2D eigenvalue weighted by atomic mass is 16.3. The van der Waals surface area contributed by atoms with Crippen molar-refractivity contribution in [2.45, 2.75) is 38.1 Å².